The molecule has 0 amide bonds. The first-order valence-corrected chi connectivity index (χ1v) is 9.34. The predicted octanol–water partition coefficient (Wildman–Crippen LogP) is 3.87. The van der Waals surface area contributed by atoms with Gasteiger partial charge in [-0.05, 0) is 48.6 Å². The van der Waals surface area contributed by atoms with Gasteiger partial charge in [0.15, 0.2) is 10.6 Å². The van der Waals surface area contributed by atoms with E-state index in [4.69, 9.17) is 17.3 Å². The molecule has 1 fully saturated rings. The van der Waals surface area contributed by atoms with Gasteiger partial charge < -0.3 is 4.57 Å². The lowest BCUT2D eigenvalue weighted by atomic mass is 10.2. The Labute approximate surface area is 150 Å². The van der Waals surface area contributed by atoms with Gasteiger partial charge in [-0.1, -0.05) is 6.07 Å². The molecular formula is C17H19N5S2. The highest BCUT2D eigenvalue weighted by atomic mass is 32.1. The molecule has 0 aromatic carbocycles. The van der Waals surface area contributed by atoms with E-state index in [0.29, 0.717) is 6.04 Å². The third-order valence-corrected chi connectivity index (χ3v) is 5.99. The molecule has 3 aromatic rings. The fourth-order valence-electron chi connectivity index (χ4n) is 3.30. The largest absolute Gasteiger partial charge is 0.303 e. The normalized spacial score (nSPS) is 18.3. The molecule has 124 valence electrons. The monoisotopic (exact) mass is 357 g/mol. The van der Waals surface area contributed by atoms with Crippen molar-refractivity contribution < 1.29 is 0 Å². The zero-order valence-electron chi connectivity index (χ0n) is 13.5. The lowest BCUT2D eigenvalue weighted by molar-refractivity contribution is 0.192. The second-order valence-corrected chi connectivity index (χ2v) is 7.37. The van der Waals surface area contributed by atoms with Crippen LogP contribution in [0.1, 0.15) is 23.8 Å². The van der Waals surface area contributed by atoms with Crippen molar-refractivity contribution in [3.05, 3.63) is 51.7 Å². The topological polar surface area (TPSA) is 38.9 Å². The minimum Gasteiger partial charge on any atom is -0.303 e. The van der Waals surface area contributed by atoms with Crippen molar-refractivity contribution >= 4 is 23.6 Å². The van der Waals surface area contributed by atoms with Crippen LogP contribution in [0.2, 0.25) is 0 Å². The molecule has 3 aromatic heterocycles. The van der Waals surface area contributed by atoms with Gasteiger partial charge in [0.25, 0.3) is 0 Å². The summed E-state index contributed by atoms with van der Waals surface area (Å²) in [6.07, 6.45) is 5.99. The number of rotatable bonds is 4. The minimum absolute atomic E-state index is 0.485. The van der Waals surface area contributed by atoms with Crippen molar-refractivity contribution in [3.8, 4) is 11.4 Å². The summed E-state index contributed by atoms with van der Waals surface area (Å²) in [5.74, 6) is 0.884. The molecule has 0 unspecified atom stereocenters. The Morgan fingerprint density at radius 1 is 1.29 bits per heavy atom. The maximum atomic E-state index is 5.61. The van der Waals surface area contributed by atoms with E-state index in [1.165, 1.54) is 17.7 Å². The van der Waals surface area contributed by atoms with E-state index in [2.05, 4.69) is 27.4 Å². The molecule has 7 heteroatoms. The van der Waals surface area contributed by atoms with E-state index >= 15 is 0 Å². The van der Waals surface area contributed by atoms with Crippen molar-refractivity contribution in [1.29, 1.82) is 0 Å². The van der Waals surface area contributed by atoms with E-state index < -0.39 is 0 Å². The van der Waals surface area contributed by atoms with Crippen LogP contribution in [-0.4, -0.2) is 30.8 Å². The van der Waals surface area contributed by atoms with Crippen LogP contribution in [0.5, 0.6) is 0 Å². The third-order valence-electron chi connectivity index (χ3n) is 4.53. The van der Waals surface area contributed by atoms with Gasteiger partial charge >= 0.3 is 0 Å². The summed E-state index contributed by atoms with van der Waals surface area (Å²) in [7, 11) is 1.97. The van der Waals surface area contributed by atoms with Crippen LogP contribution in [0.15, 0.2) is 42.0 Å². The summed E-state index contributed by atoms with van der Waals surface area (Å²) in [4.78, 5) is 7.99. The SMILES string of the molecule is Cn1c(-c2ccncc2)nn(CN2CCC[C@H]2c2cccs2)c1=S. The standard InChI is InChI=1S/C17H19N5S2/c1-20-16(13-6-8-18-9-7-13)19-22(17(20)23)12-21-10-2-4-14(21)15-5-3-11-24-15/h3,5-9,11,14H,2,4,10,12H2,1H3/t14-/m0/s1. The number of likely N-dealkylation sites (tertiary alicyclic amines) is 1. The zero-order chi connectivity index (χ0) is 16.5. The van der Waals surface area contributed by atoms with Crippen LogP contribution in [0.25, 0.3) is 11.4 Å². The van der Waals surface area contributed by atoms with E-state index in [1.807, 2.05) is 39.8 Å². The molecule has 4 rings (SSSR count). The zero-order valence-corrected chi connectivity index (χ0v) is 15.1. The maximum absolute atomic E-state index is 5.61. The van der Waals surface area contributed by atoms with Crippen LogP contribution >= 0.6 is 23.6 Å². The Hall–Kier alpha value is -1.83. The quantitative estimate of drug-likeness (QED) is 0.665. The molecule has 1 aliphatic heterocycles. The molecule has 24 heavy (non-hydrogen) atoms. The molecule has 1 saturated heterocycles. The summed E-state index contributed by atoms with van der Waals surface area (Å²) >= 11 is 7.45. The number of pyridine rings is 1. The number of aromatic nitrogens is 4. The van der Waals surface area contributed by atoms with E-state index in [0.717, 1.165) is 29.4 Å². The summed E-state index contributed by atoms with van der Waals surface area (Å²) < 4.78 is 4.66. The van der Waals surface area contributed by atoms with Crippen molar-refractivity contribution in [1.82, 2.24) is 24.2 Å². The molecule has 0 aliphatic carbocycles. The molecular weight excluding hydrogens is 338 g/mol. The number of nitrogens with zero attached hydrogens (tertiary/aromatic N) is 5. The van der Waals surface area contributed by atoms with Crippen molar-refractivity contribution in [2.45, 2.75) is 25.6 Å². The first kappa shape index (κ1) is 15.7. The fraction of sp³-hybridized carbons (Fsp3) is 0.353. The molecule has 0 radical (unpaired) electrons. The van der Waals surface area contributed by atoms with Crippen molar-refractivity contribution in [2.24, 2.45) is 7.05 Å². The fourth-order valence-corrected chi connectivity index (χ4v) is 4.38. The number of hydrogen-bond donors (Lipinski definition) is 0. The Bertz CT molecular complexity index is 866. The Kier molecular flexibility index (Phi) is 4.30. The Morgan fingerprint density at radius 3 is 2.88 bits per heavy atom. The molecule has 1 atom stereocenters. The van der Waals surface area contributed by atoms with Gasteiger partial charge in [0, 0.05) is 42.5 Å². The average molecular weight is 358 g/mol. The highest BCUT2D eigenvalue weighted by Gasteiger charge is 2.27. The third kappa shape index (κ3) is 2.83. The van der Waals surface area contributed by atoms with Gasteiger partial charge in [0.2, 0.25) is 0 Å². The van der Waals surface area contributed by atoms with E-state index in [-0.39, 0.29) is 0 Å². The molecule has 0 N–H and O–H groups in total. The van der Waals surface area contributed by atoms with Gasteiger partial charge in [-0.15, -0.1) is 11.3 Å². The Balaban J connectivity index is 1.62. The average Bonchev–Trinajstić information content (AvgIpc) is 3.33. The second kappa shape index (κ2) is 6.58. The summed E-state index contributed by atoms with van der Waals surface area (Å²) in [6.45, 7) is 1.83. The van der Waals surface area contributed by atoms with E-state index in [9.17, 15) is 0 Å². The second-order valence-electron chi connectivity index (χ2n) is 6.03. The van der Waals surface area contributed by atoms with Crippen LogP contribution in [0.3, 0.4) is 0 Å². The van der Waals surface area contributed by atoms with Crippen LogP contribution in [0, 0.1) is 4.77 Å². The van der Waals surface area contributed by atoms with Gasteiger partial charge in [0.05, 0.1) is 6.67 Å². The van der Waals surface area contributed by atoms with Crippen LogP contribution in [-0.2, 0) is 13.7 Å². The van der Waals surface area contributed by atoms with Crippen LogP contribution in [0.4, 0.5) is 0 Å². The highest BCUT2D eigenvalue weighted by Crippen LogP contribution is 2.34. The number of thiophene rings is 1. The van der Waals surface area contributed by atoms with Gasteiger partial charge in [-0.3, -0.25) is 9.88 Å². The minimum atomic E-state index is 0.485. The molecule has 0 bridgehead atoms. The molecule has 4 heterocycles. The van der Waals surface area contributed by atoms with Crippen molar-refractivity contribution in [3.63, 3.8) is 0 Å². The van der Waals surface area contributed by atoms with Gasteiger partial charge in [0.1, 0.15) is 0 Å². The highest BCUT2D eigenvalue weighted by molar-refractivity contribution is 7.71. The summed E-state index contributed by atoms with van der Waals surface area (Å²) in [6, 6.07) is 8.77. The first-order valence-electron chi connectivity index (χ1n) is 8.06. The predicted molar refractivity (Wildman–Crippen MR) is 98.3 cm³/mol. The van der Waals surface area contributed by atoms with Gasteiger partial charge in [-0.2, -0.15) is 5.10 Å². The lowest BCUT2D eigenvalue weighted by Gasteiger charge is -2.23. The summed E-state index contributed by atoms with van der Waals surface area (Å²) in [5, 5.41) is 6.92. The van der Waals surface area contributed by atoms with Gasteiger partial charge in [-0.25, -0.2) is 4.68 Å². The van der Waals surface area contributed by atoms with Crippen LogP contribution < -0.4 is 0 Å². The molecule has 1 aliphatic rings. The lowest BCUT2D eigenvalue weighted by Crippen LogP contribution is -2.26. The maximum Gasteiger partial charge on any atom is 0.199 e. The van der Waals surface area contributed by atoms with Crippen molar-refractivity contribution in [2.75, 3.05) is 6.54 Å². The molecule has 0 saturated carbocycles. The molecule has 0 spiro atoms. The Morgan fingerprint density at radius 2 is 2.12 bits per heavy atom. The molecule has 5 nitrogen and oxygen atoms in total. The summed E-state index contributed by atoms with van der Waals surface area (Å²) in [5.41, 5.74) is 1.04. The first-order chi connectivity index (χ1) is 11.7. The number of hydrogen-bond acceptors (Lipinski definition) is 5. The smallest absolute Gasteiger partial charge is 0.199 e. The van der Waals surface area contributed by atoms with E-state index in [1.54, 1.807) is 12.4 Å².